The average Bonchev–Trinajstić information content (AvgIpc) is 2.73. The average molecular weight is 428 g/mol. The molecule has 2 aromatic carbocycles. The van der Waals surface area contributed by atoms with Crippen LogP contribution in [0, 0.1) is 0 Å². The molecule has 0 saturated heterocycles. The summed E-state index contributed by atoms with van der Waals surface area (Å²) in [6.45, 7) is 0.215. The first-order chi connectivity index (χ1) is 14.4. The molecule has 9 heteroatoms. The van der Waals surface area contributed by atoms with Gasteiger partial charge in [0.1, 0.15) is 16.9 Å². The van der Waals surface area contributed by atoms with Crippen LogP contribution in [0.15, 0.2) is 65.7 Å². The van der Waals surface area contributed by atoms with E-state index in [9.17, 15) is 18.0 Å². The second-order valence-corrected chi connectivity index (χ2v) is 8.18. The van der Waals surface area contributed by atoms with Crippen molar-refractivity contribution in [2.45, 2.75) is 23.8 Å². The van der Waals surface area contributed by atoms with Crippen LogP contribution in [0.1, 0.15) is 12.0 Å². The first kappa shape index (κ1) is 21.4. The topological polar surface area (TPSA) is 123 Å². The number of carbonyl (C=O) groups is 2. The van der Waals surface area contributed by atoms with Gasteiger partial charge in [-0.25, -0.2) is 13.1 Å². The number of aromatic nitrogens is 1. The van der Waals surface area contributed by atoms with Gasteiger partial charge in [0.2, 0.25) is 10.0 Å². The number of fused-ring (bicyclic) bond motifs is 1. The third-order valence-corrected chi connectivity index (χ3v) is 5.90. The third-order valence-electron chi connectivity index (χ3n) is 4.37. The fraction of sp³-hybridized carbons (Fsp3) is 0.190. The predicted molar refractivity (Wildman–Crippen MR) is 110 cm³/mol. The fourth-order valence-corrected chi connectivity index (χ4v) is 4.33. The van der Waals surface area contributed by atoms with Crippen LogP contribution in [0.25, 0.3) is 10.9 Å². The van der Waals surface area contributed by atoms with E-state index in [-0.39, 0.29) is 23.5 Å². The standard InChI is InChI=1S/C21H20N2O6S/c24-14-16(13-21(25)26)23-30(27,28)20-9-2-1-8-19(20)29-12-10-15-5-3-7-18-17(15)6-4-11-22-18/h1-9,11,14,16,23H,10,12-13H2,(H,25,26)/t16-/m0/s1. The molecule has 30 heavy (non-hydrogen) atoms. The van der Waals surface area contributed by atoms with Gasteiger partial charge in [-0.05, 0) is 29.8 Å². The minimum Gasteiger partial charge on any atom is -0.492 e. The summed E-state index contributed by atoms with van der Waals surface area (Å²) in [5.41, 5.74) is 1.88. The van der Waals surface area contributed by atoms with E-state index in [1.54, 1.807) is 12.3 Å². The maximum Gasteiger partial charge on any atom is 0.305 e. The van der Waals surface area contributed by atoms with Crippen LogP contribution in [0.2, 0.25) is 0 Å². The van der Waals surface area contributed by atoms with E-state index >= 15 is 0 Å². The Labute approximate surface area is 173 Å². The van der Waals surface area contributed by atoms with Gasteiger partial charge in [-0.3, -0.25) is 9.78 Å². The normalized spacial score (nSPS) is 12.4. The van der Waals surface area contributed by atoms with Crippen molar-refractivity contribution in [2.24, 2.45) is 0 Å². The van der Waals surface area contributed by atoms with Crippen LogP contribution >= 0.6 is 0 Å². The molecule has 0 unspecified atom stereocenters. The van der Waals surface area contributed by atoms with E-state index in [1.807, 2.05) is 30.3 Å². The third kappa shape index (κ3) is 5.19. The molecule has 1 heterocycles. The Bertz CT molecular complexity index is 1160. The number of carbonyl (C=O) groups excluding carboxylic acids is 1. The molecule has 0 bridgehead atoms. The number of carboxylic acids is 1. The van der Waals surface area contributed by atoms with Gasteiger partial charge in [0.15, 0.2) is 0 Å². The molecule has 0 aliphatic carbocycles. The number of ether oxygens (including phenoxy) is 1. The number of aliphatic carboxylic acids is 1. The second-order valence-electron chi connectivity index (χ2n) is 6.49. The van der Waals surface area contributed by atoms with Gasteiger partial charge in [0, 0.05) is 18.0 Å². The summed E-state index contributed by atoms with van der Waals surface area (Å²) >= 11 is 0. The highest BCUT2D eigenvalue weighted by atomic mass is 32.2. The molecule has 1 atom stereocenters. The van der Waals surface area contributed by atoms with Crippen LogP contribution in [0.3, 0.4) is 0 Å². The summed E-state index contributed by atoms with van der Waals surface area (Å²) in [7, 11) is -4.16. The number of pyridine rings is 1. The van der Waals surface area contributed by atoms with Gasteiger partial charge in [0.05, 0.1) is 24.6 Å². The molecule has 3 rings (SSSR count). The zero-order valence-corrected chi connectivity index (χ0v) is 16.7. The first-order valence-electron chi connectivity index (χ1n) is 9.14. The predicted octanol–water partition coefficient (Wildman–Crippen LogP) is 2.18. The zero-order chi connectivity index (χ0) is 21.6. The number of carboxylic acid groups (broad SMARTS) is 1. The molecule has 2 N–H and O–H groups in total. The van der Waals surface area contributed by atoms with Crippen LogP contribution in [0.4, 0.5) is 0 Å². The molecule has 0 amide bonds. The number of sulfonamides is 1. The van der Waals surface area contributed by atoms with Crippen molar-refractivity contribution < 1.29 is 27.9 Å². The number of nitrogens with zero attached hydrogens (tertiary/aromatic N) is 1. The zero-order valence-electron chi connectivity index (χ0n) is 15.9. The molecular formula is C21H20N2O6S. The molecule has 0 fully saturated rings. The Kier molecular flexibility index (Phi) is 6.76. The smallest absolute Gasteiger partial charge is 0.305 e. The van der Waals surface area contributed by atoms with Crippen LogP contribution in [-0.2, 0) is 26.0 Å². The molecule has 0 saturated carbocycles. The summed E-state index contributed by atoms with van der Waals surface area (Å²) in [4.78, 5) is 26.0. The Morgan fingerprint density at radius 2 is 1.93 bits per heavy atom. The van der Waals surface area contributed by atoms with Crippen LogP contribution in [-0.4, -0.2) is 43.4 Å². The number of nitrogens with one attached hydrogen (secondary N) is 1. The molecule has 3 aromatic rings. The Hall–Kier alpha value is -3.30. The quantitative estimate of drug-likeness (QED) is 0.475. The number of para-hydroxylation sites is 1. The number of hydrogen-bond acceptors (Lipinski definition) is 6. The van der Waals surface area contributed by atoms with E-state index in [4.69, 9.17) is 9.84 Å². The lowest BCUT2D eigenvalue weighted by molar-refractivity contribution is -0.138. The van der Waals surface area contributed by atoms with Crippen molar-refractivity contribution in [1.29, 1.82) is 0 Å². The molecular weight excluding hydrogens is 408 g/mol. The van der Waals surface area contributed by atoms with Gasteiger partial charge < -0.3 is 14.6 Å². The number of benzene rings is 2. The summed E-state index contributed by atoms with van der Waals surface area (Å²) in [6.07, 6.45) is 1.85. The van der Waals surface area contributed by atoms with Crippen molar-refractivity contribution >= 4 is 33.2 Å². The molecule has 0 aliphatic rings. The van der Waals surface area contributed by atoms with Gasteiger partial charge in [-0.1, -0.05) is 30.3 Å². The Morgan fingerprint density at radius 1 is 1.13 bits per heavy atom. The van der Waals surface area contributed by atoms with Crippen molar-refractivity contribution in [3.8, 4) is 5.75 Å². The van der Waals surface area contributed by atoms with Crippen molar-refractivity contribution in [2.75, 3.05) is 6.61 Å². The van der Waals surface area contributed by atoms with Crippen LogP contribution < -0.4 is 9.46 Å². The lowest BCUT2D eigenvalue weighted by Gasteiger charge is -2.15. The molecule has 0 aliphatic heterocycles. The Morgan fingerprint density at radius 3 is 2.70 bits per heavy atom. The SMILES string of the molecule is O=C[C@H](CC(=O)O)NS(=O)(=O)c1ccccc1OCCc1cccc2ncccc12. The fourth-order valence-electron chi connectivity index (χ4n) is 3.02. The minimum absolute atomic E-state index is 0.114. The molecule has 156 valence electrons. The first-order valence-corrected chi connectivity index (χ1v) is 10.6. The largest absolute Gasteiger partial charge is 0.492 e. The number of hydrogen-bond donors (Lipinski definition) is 2. The van der Waals surface area contributed by atoms with E-state index < -0.39 is 28.5 Å². The highest BCUT2D eigenvalue weighted by Crippen LogP contribution is 2.24. The molecule has 0 spiro atoms. The summed E-state index contributed by atoms with van der Waals surface area (Å²) in [5, 5.41) is 9.81. The van der Waals surface area contributed by atoms with Crippen molar-refractivity contribution in [3.63, 3.8) is 0 Å². The molecule has 1 aromatic heterocycles. The van der Waals surface area contributed by atoms with Crippen molar-refractivity contribution in [3.05, 3.63) is 66.4 Å². The molecule has 0 radical (unpaired) electrons. The van der Waals surface area contributed by atoms with Gasteiger partial charge in [-0.15, -0.1) is 0 Å². The van der Waals surface area contributed by atoms with Gasteiger partial charge in [0.25, 0.3) is 0 Å². The Balaban J connectivity index is 1.75. The maximum atomic E-state index is 12.7. The second kappa shape index (κ2) is 9.47. The lowest BCUT2D eigenvalue weighted by Crippen LogP contribution is -2.37. The summed E-state index contributed by atoms with van der Waals surface area (Å²) < 4.78 is 33.1. The maximum absolute atomic E-state index is 12.7. The van der Waals surface area contributed by atoms with E-state index in [0.29, 0.717) is 6.42 Å². The van der Waals surface area contributed by atoms with Crippen molar-refractivity contribution in [1.82, 2.24) is 9.71 Å². The minimum atomic E-state index is -4.16. The monoisotopic (exact) mass is 428 g/mol. The lowest BCUT2D eigenvalue weighted by atomic mass is 10.1. The summed E-state index contributed by atoms with van der Waals surface area (Å²) in [6, 6.07) is 14.2. The van der Waals surface area contributed by atoms with E-state index in [2.05, 4.69) is 9.71 Å². The number of aldehydes is 1. The van der Waals surface area contributed by atoms with E-state index in [1.165, 1.54) is 18.2 Å². The highest BCUT2D eigenvalue weighted by molar-refractivity contribution is 7.89. The summed E-state index contributed by atoms with van der Waals surface area (Å²) in [5.74, 6) is -1.17. The van der Waals surface area contributed by atoms with Gasteiger partial charge in [-0.2, -0.15) is 0 Å². The molecule has 8 nitrogen and oxygen atoms in total. The van der Waals surface area contributed by atoms with Crippen LogP contribution in [0.5, 0.6) is 5.75 Å². The number of rotatable bonds is 10. The van der Waals surface area contributed by atoms with Gasteiger partial charge >= 0.3 is 5.97 Å². The highest BCUT2D eigenvalue weighted by Gasteiger charge is 2.24. The van der Waals surface area contributed by atoms with E-state index in [0.717, 1.165) is 16.5 Å².